The van der Waals surface area contributed by atoms with Gasteiger partial charge in [0.1, 0.15) is 0 Å². The van der Waals surface area contributed by atoms with Gasteiger partial charge in [0, 0.05) is 10.6 Å². The summed E-state index contributed by atoms with van der Waals surface area (Å²) >= 11 is 5.83. The van der Waals surface area contributed by atoms with Gasteiger partial charge in [0.2, 0.25) is 0 Å². The van der Waals surface area contributed by atoms with E-state index in [0.29, 0.717) is 16.3 Å². The summed E-state index contributed by atoms with van der Waals surface area (Å²) in [6, 6.07) is 14.0. The number of hydrogen-bond donors (Lipinski definition) is 2. The second-order valence-electron chi connectivity index (χ2n) is 7.77. The van der Waals surface area contributed by atoms with Crippen molar-refractivity contribution in [2.45, 2.75) is 37.3 Å². The van der Waals surface area contributed by atoms with Gasteiger partial charge in [-0.05, 0) is 46.9 Å². The molecule has 1 unspecified atom stereocenters. The largest absolute Gasteiger partial charge is 0.368 e. The molecule has 0 aromatic heterocycles. The van der Waals surface area contributed by atoms with Crippen molar-refractivity contribution < 1.29 is 13.5 Å². The summed E-state index contributed by atoms with van der Waals surface area (Å²) in [5, 5.41) is 14.7. The topological polar surface area (TPSA) is 78.8 Å². The number of rotatable bonds is 4. The predicted molar refractivity (Wildman–Crippen MR) is 113 cm³/mol. The molecule has 1 atom stereocenters. The van der Waals surface area contributed by atoms with Crippen LogP contribution in [0.15, 0.2) is 64.1 Å². The van der Waals surface area contributed by atoms with E-state index in [9.17, 15) is 13.5 Å². The van der Waals surface area contributed by atoms with Crippen LogP contribution in [0, 0.1) is 0 Å². The van der Waals surface area contributed by atoms with E-state index in [1.165, 1.54) is 29.8 Å². The Labute approximate surface area is 170 Å². The summed E-state index contributed by atoms with van der Waals surface area (Å²) in [5.74, 6) is -0.315. The third-order valence-corrected chi connectivity index (χ3v) is 6.44. The molecule has 1 aliphatic rings. The van der Waals surface area contributed by atoms with Gasteiger partial charge in [-0.3, -0.25) is 5.43 Å². The molecular formula is C21H23ClN2O3S. The first kappa shape index (κ1) is 20.6. The molecule has 7 heteroatoms. The van der Waals surface area contributed by atoms with E-state index < -0.39 is 16.1 Å². The van der Waals surface area contributed by atoms with E-state index >= 15 is 0 Å². The molecule has 0 radical (unpaired) electrons. The van der Waals surface area contributed by atoms with E-state index in [2.05, 4.69) is 31.3 Å². The van der Waals surface area contributed by atoms with E-state index in [1.807, 2.05) is 24.3 Å². The molecule has 148 valence electrons. The predicted octanol–water partition coefficient (Wildman–Crippen LogP) is 3.77. The zero-order valence-corrected chi connectivity index (χ0v) is 17.6. The minimum Gasteiger partial charge on any atom is -0.368 e. The van der Waals surface area contributed by atoms with E-state index in [-0.39, 0.29) is 16.1 Å². The second kappa shape index (κ2) is 7.70. The monoisotopic (exact) mass is 418 g/mol. The molecule has 0 saturated carbocycles. The number of benzene rings is 2. The van der Waals surface area contributed by atoms with Gasteiger partial charge in [-0.25, -0.2) is 8.42 Å². The highest BCUT2D eigenvalue weighted by molar-refractivity contribution is 7.92. The maximum atomic E-state index is 12.7. The summed E-state index contributed by atoms with van der Waals surface area (Å²) in [6.07, 6.45) is 0.713. The van der Waals surface area contributed by atoms with Gasteiger partial charge in [-0.2, -0.15) is 5.10 Å². The fourth-order valence-electron chi connectivity index (χ4n) is 2.87. The molecule has 2 aromatic rings. The lowest BCUT2D eigenvalue weighted by Crippen LogP contribution is -2.23. The summed E-state index contributed by atoms with van der Waals surface area (Å²) in [4.78, 5) is 0.162. The average Bonchev–Trinajstić information content (AvgIpc) is 2.94. The SMILES string of the molecule is CC(C)(C)c1ccc(/C=C2\C(CS(=O)(=O)c3ccc(Cl)cc3)=NNC2O)cc1. The highest BCUT2D eigenvalue weighted by Gasteiger charge is 2.28. The van der Waals surface area contributed by atoms with Gasteiger partial charge in [0.15, 0.2) is 16.1 Å². The third-order valence-electron chi connectivity index (χ3n) is 4.55. The lowest BCUT2D eigenvalue weighted by atomic mass is 9.86. The first-order valence-electron chi connectivity index (χ1n) is 8.87. The Bertz CT molecular complexity index is 1020. The summed E-state index contributed by atoms with van der Waals surface area (Å²) in [5.41, 5.74) is 5.39. The van der Waals surface area contributed by atoms with Crippen molar-refractivity contribution in [1.82, 2.24) is 5.43 Å². The second-order valence-corrected chi connectivity index (χ2v) is 10.2. The lowest BCUT2D eigenvalue weighted by Gasteiger charge is -2.19. The van der Waals surface area contributed by atoms with Crippen LogP contribution in [0.3, 0.4) is 0 Å². The number of aliphatic hydroxyl groups excluding tert-OH is 1. The normalized spacial score (nSPS) is 18.8. The number of hydrazone groups is 1. The third kappa shape index (κ3) is 4.63. The Morgan fingerprint density at radius 1 is 1.11 bits per heavy atom. The van der Waals surface area contributed by atoms with Crippen molar-refractivity contribution in [2.75, 3.05) is 5.75 Å². The molecule has 0 bridgehead atoms. The van der Waals surface area contributed by atoms with Crippen molar-refractivity contribution >= 4 is 33.2 Å². The Balaban J connectivity index is 1.86. The van der Waals surface area contributed by atoms with Crippen LogP contribution >= 0.6 is 11.6 Å². The molecule has 0 amide bonds. The maximum Gasteiger partial charge on any atom is 0.184 e. The van der Waals surface area contributed by atoms with Crippen molar-refractivity contribution in [3.05, 3.63) is 70.3 Å². The summed E-state index contributed by atoms with van der Waals surface area (Å²) < 4.78 is 25.4. The van der Waals surface area contributed by atoms with Gasteiger partial charge >= 0.3 is 0 Å². The highest BCUT2D eigenvalue weighted by Crippen LogP contribution is 2.24. The van der Waals surface area contributed by atoms with Gasteiger partial charge < -0.3 is 5.11 Å². The number of sulfone groups is 1. The Morgan fingerprint density at radius 3 is 2.29 bits per heavy atom. The number of hydrogen-bond acceptors (Lipinski definition) is 5. The van der Waals surface area contributed by atoms with E-state index in [4.69, 9.17) is 11.6 Å². The smallest absolute Gasteiger partial charge is 0.184 e. The quantitative estimate of drug-likeness (QED) is 0.792. The molecule has 0 aliphatic carbocycles. The van der Waals surface area contributed by atoms with Crippen molar-refractivity contribution in [3.8, 4) is 0 Å². The molecule has 0 fully saturated rings. The Kier molecular flexibility index (Phi) is 5.66. The lowest BCUT2D eigenvalue weighted by molar-refractivity contribution is 0.190. The molecule has 28 heavy (non-hydrogen) atoms. The van der Waals surface area contributed by atoms with Crippen LogP contribution < -0.4 is 5.43 Å². The molecule has 2 N–H and O–H groups in total. The van der Waals surface area contributed by atoms with Crippen LogP contribution in [0.2, 0.25) is 5.02 Å². The van der Waals surface area contributed by atoms with E-state index in [0.717, 1.165) is 5.56 Å². The molecular weight excluding hydrogens is 396 g/mol. The molecule has 1 heterocycles. The number of aliphatic hydroxyl groups is 1. The van der Waals surface area contributed by atoms with E-state index in [1.54, 1.807) is 6.08 Å². The van der Waals surface area contributed by atoms with Crippen LogP contribution in [0.1, 0.15) is 31.9 Å². The van der Waals surface area contributed by atoms with Crippen LogP contribution in [0.25, 0.3) is 6.08 Å². The Hall–Kier alpha value is -2.15. The van der Waals surface area contributed by atoms with Gasteiger partial charge in [-0.1, -0.05) is 56.6 Å². The molecule has 3 rings (SSSR count). The molecule has 5 nitrogen and oxygen atoms in total. The average molecular weight is 419 g/mol. The van der Waals surface area contributed by atoms with Crippen molar-refractivity contribution in [1.29, 1.82) is 0 Å². The van der Waals surface area contributed by atoms with Crippen molar-refractivity contribution in [3.63, 3.8) is 0 Å². The maximum absolute atomic E-state index is 12.7. The number of halogens is 1. The Morgan fingerprint density at radius 2 is 1.71 bits per heavy atom. The standard InChI is InChI=1S/C21H23ClN2O3S/c1-21(2,3)15-6-4-14(5-7-15)12-18-19(23-24-20(18)25)13-28(26,27)17-10-8-16(22)9-11-17/h4-12,20,24-25H,13H2,1-3H3/b18-12+. The number of nitrogens with one attached hydrogen (secondary N) is 1. The fraction of sp³-hybridized carbons (Fsp3) is 0.286. The minimum atomic E-state index is -3.62. The highest BCUT2D eigenvalue weighted by atomic mass is 35.5. The molecule has 0 spiro atoms. The molecule has 1 aliphatic heterocycles. The van der Waals surface area contributed by atoms with Gasteiger partial charge in [-0.15, -0.1) is 0 Å². The zero-order chi connectivity index (χ0) is 20.5. The van der Waals surface area contributed by atoms with Gasteiger partial charge in [0.05, 0.1) is 16.4 Å². The first-order chi connectivity index (χ1) is 13.1. The zero-order valence-electron chi connectivity index (χ0n) is 16.0. The van der Waals surface area contributed by atoms with Crippen LogP contribution in [-0.4, -0.2) is 31.2 Å². The minimum absolute atomic E-state index is 0.0410. The fourth-order valence-corrected chi connectivity index (χ4v) is 4.31. The van der Waals surface area contributed by atoms with Crippen LogP contribution in [-0.2, 0) is 15.3 Å². The molecule has 0 saturated heterocycles. The summed E-state index contributed by atoms with van der Waals surface area (Å²) in [6.45, 7) is 6.41. The number of nitrogens with zero attached hydrogens (tertiary/aromatic N) is 1. The molecule has 2 aromatic carbocycles. The first-order valence-corrected chi connectivity index (χ1v) is 10.9. The van der Waals surface area contributed by atoms with Crippen LogP contribution in [0.5, 0.6) is 0 Å². The van der Waals surface area contributed by atoms with Crippen LogP contribution in [0.4, 0.5) is 0 Å². The summed E-state index contributed by atoms with van der Waals surface area (Å²) in [7, 11) is -3.62. The van der Waals surface area contributed by atoms with Gasteiger partial charge in [0.25, 0.3) is 0 Å². The van der Waals surface area contributed by atoms with Crippen molar-refractivity contribution in [2.24, 2.45) is 5.10 Å².